The van der Waals surface area contributed by atoms with Gasteiger partial charge in [0, 0.05) is 0 Å². The molecule has 0 N–H and O–H groups in total. The fourth-order valence-electron chi connectivity index (χ4n) is 1.85. The van der Waals surface area contributed by atoms with Crippen molar-refractivity contribution < 1.29 is 0 Å². The summed E-state index contributed by atoms with van der Waals surface area (Å²) in [4.78, 5) is 0. The van der Waals surface area contributed by atoms with E-state index in [1.54, 1.807) is 0 Å². The lowest BCUT2D eigenvalue weighted by Gasteiger charge is -2.05. The van der Waals surface area contributed by atoms with Crippen molar-refractivity contribution in [3.05, 3.63) is 47.5 Å². The lowest BCUT2D eigenvalue weighted by atomic mass is 10.00. The van der Waals surface area contributed by atoms with Crippen LogP contribution in [0.3, 0.4) is 0 Å². The van der Waals surface area contributed by atoms with Gasteiger partial charge in [-0.2, -0.15) is 0 Å². The average Bonchev–Trinajstić information content (AvgIpc) is 2.30. The van der Waals surface area contributed by atoms with Gasteiger partial charge in [-0.1, -0.05) is 62.7 Å². The van der Waals surface area contributed by atoms with Crippen LogP contribution in [-0.4, -0.2) is 0 Å². The Kier molecular flexibility index (Phi) is 4.36. The van der Waals surface area contributed by atoms with E-state index < -0.39 is 0 Å². The van der Waals surface area contributed by atoms with E-state index in [2.05, 4.69) is 50.2 Å². The van der Waals surface area contributed by atoms with Gasteiger partial charge in [-0.25, -0.2) is 0 Å². The van der Waals surface area contributed by atoms with Crippen LogP contribution in [0.25, 0.3) is 10.8 Å². The minimum absolute atomic E-state index is 1.11. The van der Waals surface area contributed by atoms with Gasteiger partial charge in [-0.3, -0.25) is 0 Å². The summed E-state index contributed by atoms with van der Waals surface area (Å²) in [7, 11) is 0. The number of fused-ring (bicyclic) bond motifs is 1. The SMILES string of the molecule is CC.CCc1cc(C)cc2ccccc12. The lowest BCUT2D eigenvalue weighted by molar-refractivity contribution is 1.15. The van der Waals surface area contributed by atoms with Gasteiger partial charge in [0.1, 0.15) is 0 Å². The summed E-state index contributed by atoms with van der Waals surface area (Å²) in [6.45, 7) is 8.37. The van der Waals surface area contributed by atoms with Crippen LogP contribution in [0.5, 0.6) is 0 Å². The van der Waals surface area contributed by atoms with Gasteiger partial charge >= 0.3 is 0 Å². The number of hydrogen-bond acceptors (Lipinski definition) is 0. The van der Waals surface area contributed by atoms with Crippen molar-refractivity contribution in [1.82, 2.24) is 0 Å². The van der Waals surface area contributed by atoms with Crippen molar-refractivity contribution in [2.45, 2.75) is 34.1 Å². The normalized spacial score (nSPS) is 9.60. The van der Waals surface area contributed by atoms with Gasteiger partial charge in [-0.15, -0.1) is 0 Å². The molecule has 0 spiro atoms. The molecule has 0 saturated carbocycles. The van der Waals surface area contributed by atoms with Gasteiger partial charge in [-0.05, 0) is 29.7 Å². The zero-order valence-corrected chi connectivity index (χ0v) is 10.2. The molecule has 0 nitrogen and oxygen atoms in total. The molecule has 0 heteroatoms. The van der Waals surface area contributed by atoms with E-state index in [0.717, 1.165) is 6.42 Å². The van der Waals surface area contributed by atoms with E-state index in [-0.39, 0.29) is 0 Å². The Bertz CT molecular complexity index is 427. The second-order valence-electron chi connectivity index (χ2n) is 3.50. The Hall–Kier alpha value is -1.30. The highest BCUT2D eigenvalue weighted by Gasteiger charge is 1.98. The van der Waals surface area contributed by atoms with Crippen LogP contribution in [0.1, 0.15) is 31.9 Å². The monoisotopic (exact) mass is 200 g/mol. The molecule has 0 aliphatic rings. The van der Waals surface area contributed by atoms with Crippen molar-refractivity contribution in [2.24, 2.45) is 0 Å². The summed E-state index contributed by atoms with van der Waals surface area (Å²) in [5.74, 6) is 0. The van der Waals surface area contributed by atoms with E-state index >= 15 is 0 Å². The lowest BCUT2D eigenvalue weighted by Crippen LogP contribution is -1.85. The molecule has 0 fully saturated rings. The quantitative estimate of drug-likeness (QED) is 0.624. The Morgan fingerprint density at radius 1 is 1.00 bits per heavy atom. The minimum Gasteiger partial charge on any atom is -0.0683 e. The smallest absolute Gasteiger partial charge is 0.0152 e. The molecule has 0 heterocycles. The average molecular weight is 200 g/mol. The molecule has 2 aromatic rings. The maximum absolute atomic E-state index is 2.28. The molecular weight excluding hydrogens is 180 g/mol. The van der Waals surface area contributed by atoms with Crippen LogP contribution < -0.4 is 0 Å². The van der Waals surface area contributed by atoms with E-state index in [9.17, 15) is 0 Å². The third-order valence-electron chi connectivity index (χ3n) is 2.47. The largest absolute Gasteiger partial charge is 0.0683 e. The topological polar surface area (TPSA) is 0 Å². The molecule has 15 heavy (non-hydrogen) atoms. The molecule has 0 aromatic heterocycles. The summed E-state index contributed by atoms with van der Waals surface area (Å²) >= 11 is 0. The fraction of sp³-hybridized carbons (Fsp3) is 0.333. The standard InChI is InChI=1S/C13H14.C2H6/c1-3-11-8-10(2)9-12-6-4-5-7-13(11)12;1-2/h4-9H,3H2,1-2H3;1-2H3. The molecule has 0 atom stereocenters. The molecule has 0 unspecified atom stereocenters. The maximum atomic E-state index is 2.28. The first kappa shape index (κ1) is 11.8. The van der Waals surface area contributed by atoms with Crippen molar-refractivity contribution >= 4 is 10.8 Å². The van der Waals surface area contributed by atoms with E-state index in [1.165, 1.54) is 21.9 Å². The van der Waals surface area contributed by atoms with Gasteiger partial charge in [0.2, 0.25) is 0 Å². The van der Waals surface area contributed by atoms with E-state index in [1.807, 2.05) is 13.8 Å². The van der Waals surface area contributed by atoms with Crippen molar-refractivity contribution in [1.29, 1.82) is 0 Å². The van der Waals surface area contributed by atoms with Crippen LogP contribution in [0.2, 0.25) is 0 Å². The third-order valence-corrected chi connectivity index (χ3v) is 2.47. The Morgan fingerprint density at radius 3 is 2.33 bits per heavy atom. The predicted octanol–water partition coefficient (Wildman–Crippen LogP) is 4.74. The third kappa shape index (κ3) is 2.59. The summed E-state index contributed by atoms with van der Waals surface area (Å²) in [5, 5.41) is 2.76. The van der Waals surface area contributed by atoms with E-state index in [0.29, 0.717) is 0 Å². The first-order chi connectivity index (χ1) is 7.31. The van der Waals surface area contributed by atoms with E-state index in [4.69, 9.17) is 0 Å². The second kappa shape index (κ2) is 5.55. The summed E-state index contributed by atoms with van der Waals surface area (Å²) < 4.78 is 0. The zero-order valence-electron chi connectivity index (χ0n) is 10.2. The molecule has 2 rings (SSSR count). The van der Waals surface area contributed by atoms with Crippen LogP contribution in [0, 0.1) is 6.92 Å². The van der Waals surface area contributed by atoms with Gasteiger partial charge < -0.3 is 0 Å². The minimum atomic E-state index is 1.11. The number of rotatable bonds is 1. The van der Waals surface area contributed by atoms with Crippen molar-refractivity contribution in [3.63, 3.8) is 0 Å². The molecular formula is C15H20. The zero-order chi connectivity index (χ0) is 11.3. The first-order valence-corrected chi connectivity index (χ1v) is 5.79. The predicted molar refractivity (Wildman–Crippen MR) is 69.4 cm³/mol. The number of hydrogen-bond donors (Lipinski definition) is 0. The summed E-state index contributed by atoms with van der Waals surface area (Å²) in [5.41, 5.74) is 2.81. The Labute approximate surface area is 92.9 Å². The van der Waals surface area contributed by atoms with Crippen LogP contribution in [0.15, 0.2) is 36.4 Å². The summed E-state index contributed by atoms with van der Waals surface area (Å²) in [6, 6.07) is 13.1. The molecule has 0 radical (unpaired) electrons. The number of benzene rings is 2. The maximum Gasteiger partial charge on any atom is -0.0152 e. The molecule has 0 aliphatic carbocycles. The molecule has 0 saturated heterocycles. The highest BCUT2D eigenvalue weighted by atomic mass is 14.0. The summed E-state index contributed by atoms with van der Waals surface area (Å²) in [6.07, 6.45) is 1.11. The van der Waals surface area contributed by atoms with Gasteiger partial charge in [0.05, 0.1) is 0 Å². The van der Waals surface area contributed by atoms with Gasteiger partial charge in [0.15, 0.2) is 0 Å². The second-order valence-corrected chi connectivity index (χ2v) is 3.50. The molecule has 0 amide bonds. The highest BCUT2D eigenvalue weighted by Crippen LogP contribution is 2.20. The molecule has 2 aromatic carbocycles. The van der Waals surface area contributed by atoms with Crippen LogP contribution in [-0.2, 0) is 6.42 Å². The molecule has 0 bridgehead atoms. The van der Waals surface area contributed by atoms with Crippen LogP contribution >= 0.6 is 0 Å². The molecule has 0 aliphatic heterocycles. The van der Waals surface area contributed by atoms with Crippen molar-refractivity contribution in [3.8, 4) is 0 Å². The Morgan fingerprint density at radius 2 is 1.67 bits per heavy atom. The first-order valence-electron chi connectivity index (χ1n) is 5.79. The number of aryl methyl sites for hydroxylation is 2. The highest BCUT2D eigenvalue weighted by molar-refractivity contribution is 5.86. The van der Waals surface area contributed by atoms with Gasteiger partial charge in [0.25, 0.3) is 0 Å². The molecule has 80 valence electrons. The van der Waals surface area contributed by atoms with Crippen LogP contribution in [0.4, 0.5) is 0 Å². The fourth-order valence-corrected chi connectivity index (χ4v) is 1.85. The Balaban J connectivity index is 0.000000531. The van der Waals surface area contributed by atoms with Crippen molar-refractivity contribution in [2.75, 3.05) is 0 Å².